The van der Waals surface area contributed by atoms with E-state index in [9.17, 15) is 5.11 Å². The maximum Gasteiger partial charge on any atom is 0.152 e. The zero-order valence-electron chi connectivity index (χ0n) is 12.0. The lowest BCUT2D eigenvalue weighted by Gasteiger charge is -2.12. The van der Waals surface area contributed by atoms with Gasteiger partial charge in [-0.2, -0.15) is 0 Å². The van der Waals surface area contributed by atoms with Crippen LogP contribution in [0.1, 0.15) is 25.1 Å². The maximum atomic E-state index is 10.1. The lowest BCUT2D eigenvalue weighted by Crippen LogP contribution is -2.12. The largest absolute Gasteiger partial charge is 0.390 e. The second kappa shape index (κ2) is 4.18. The predicted molar refractivity (Wildman–Crippen MR) is 83.0 cm³/mol. The molecule has 0 spiro atoms. The van der Waals surface area contributed by atoms with Crippen LogP contribution in [-0.2, 0) is 6.54 Å². The van der Waals surface area contributed by atoms with Crippen molar-refractivity contribution >= 4 is 27.8 Å². The topological polar surface area (TPSA) is 77.0 Å². The maximum absolute atomic E-state index is 10.1. The Bertz CT molecular complexity index is 848. The zero-order valence-corrected chi connectivity index (χ0v) is 12.0. The van der Waals surface area contributed by atoms with E-state index in [1.807, 2.05) is 31.2 Å². The summed E-state index contributed by atoms with van der Waals surface area (Å²) in [5, 5.41) is 11.1. The number of aromatic nitrogens is 3. The molecule has 3 N–H and O–H groups in total. The van der Waals surface area contributed by atoms with Gasteiger partial charge in [0.25, 0.3) is 0 Å². The van der Waals surface area contributed by atoms with Crippen molar-refractivity contribution in [2.75, 3.05) is 5.73 Å². The fourth-order valence-electron chi connectivity index (χ4n) is 2.96. The van der Waals surface area contributed by atoms with Gasteiger partial charge in [-0.05, 0) is 32.3 Å². The van der Waals surface area contributed by atoms with Crippen LogP contribution in [0.15, 0.2) is 24.3 Å². The number of anilines is 1. The van der Waals surface area contributed by atoms with Gasteiger partial charge in [-0.3, -0.25) is 0 Å². The van der Waals surface area contributed by atoms with E-state index < -0.39 is 5.60 Å². The molecule has 1 saturated carbocycles. The van der Waals surface area contributed by atoms with E-state index in [1.54, 1.807) is 0 Å². The minimum absolute atomic E-state index is 0.461. The minimum Gasteiger partial charge on any atom is -0.390 e. The number of fused-ring (bicyclic) bond motifs is 3. The molecule has 0 bridgehead atoms. The Morgan fingerprint density at radius 1 is 1.29 bits per heavy atom. The number of nitrogens with two attached hydrogens (primary N) is 1. The van der Waals surface area contributed by atoms with Crippen molar-refractivity contribution in [3.63, 3.8) is 0 Å². The number of para-hydroxylation sites is 1. The summed E-state index contributed by atoms with van der Waals surface area (Å²) >= 11 is 0. The average Bonchev–Trinajstić information content (AvgIpc) is 3.09. The standard InChI is InChI=1S/C16H18N4O/c1-10-18-13-14(20(10)9-8-16(21)6-7-16)11-4-2-3-5-12(11)19-15(13)17/h2-5,21H,6-9H2,1H3,(H2,17,19). The molecule has 108 valence electrons. The summed E-state index contributed by atoms with van der Waals surface area (Å²) < 4.78 is 2.16. The van der Waals surface area contributed by atoms with Gasteiger partial charge in [0.2, 0.25) is 0 Å². The molecule has 4 rings (SSSR count). The third-order valence-corrected chi connectivity index (χ3v) is 4.43. The van der Waals surface area contributed by atoms with Gasteiger partial charge in [0.05, 0.1) is 16.6 Å². The number of rotatable bonds is 3. The molecule has 1 aliphatic rings. The first-order valence-electron chi connectivity index (χ1n) is 7.31. The molecule has 21 heavy (non-hydrogen) atoms. The zero-order chi connectivity index (χ0) is 14.6. The molecule has 0 unspecified atom stereocenters. The second-order valence-electron chi connectivity index (χ2n) is 6.00. The molecule has 0 aliphatic heterocycles. The number of aliphatic hydroxyl groups is 1. The minimum atomic E-state index is -0.461. The van der Waals surface area contributed by atoms with Crippen LogP contribution in [-0.4, -0.2) is 25.2 Å². The average molecular weight is 282 g/mol. The first-order valence-corrected chi connectivity index (χ1v) is 7.31. The monoisotopic (exact) mass is 282 g/mol. The van der Waals surface area contributed by atoms with Crippen LogP contribution in [0.2, 0.25) is 0 Å². The highest BCUT2D eigenvalue weighted by molar-refractivity contribution is 6.06. The Labute approximate surface area is 122 Å². The second-order valence-corrected chi connectivity index (χ2v) is 6.00. The molecule has 3 aromatic rings. The van der Waals surface area contributed by atoms with Crippen LogP contribution in [0.25, 0.3) is 21.9 Å². The van der Waals surface area contributed by atoms with Gasteiger partial charge in [0.1, 0.15) is 11.3 Å². The van der Waals surface area contributed by atoms with Gasteiger partial charge < -0.3 is 15.4 Å². The third-order valence-electron chi connectivity index (χ3n) is 4.43. The summed E-state index contributed by atoms with van der Waals surface area (Å²) in [6, 6.07) is 7.97. The van der Waals surface area contributed by atoms with Gasteiger partial charge >= 0.3 is 0 Å². The number of aryl methyl sites for hydroxylation is 2. The van der Waals surface area contributed by atoms with Gasteiger partial charge in [0, 0.05) is 11.9 Å². The third kappa shape index (κ3) is 1.96. The molecule has 1 fully saturated rings. The summed E-state index contributed by atoms with van der Waals surface area (Å²) in [6.45, 7) is 2.73. The molecular weight excluding hydrogens is 264 g/mol. The van der Waals surface area contributed by atoms with Crippen molar-refractivity contribution in [2.45, 2.75) is 38.3 Å². The van der Waals surface area contributed by atoms with E-state index in [4.69, 9.17) is 5.73 Å². The Kier molecular flexibility index (Phi) is 2.50. The molecule has 2 heterocycles. The number of hydrogen-bond donors (Lipinski definition) is 2. The molecule has 2 aromatic heterocycles. The summed E-state index contributed by atoms with van der Waals surface area (Å²) in [5.74, 6) is 1.38. The Morgan fingerprint density at radius 2 is 2.05 bits per heavy atom. The Morgan fingerprint density at radius 3 is 2.81 bits per heavy atom. The summed E-state index contributed by atoms with van der Waals surface area (Å²) in [5.41, 5.74) is 8.27. The van der Waals surface area contributed by atoms with Crippen molar-refractivity contribution in [3.05, 3.63) is 30.1 Å². The van der Waals surface area contributed by atoms with Crippen molar-refractivity contribution in [1.82, 2.24) is 14.5 Å². The molecule has 0 saturated heterocycles. The fourth-order valence-corrected chi connectivity index (χ4v) is 2.96. The van der Waals surface area contributed by atoms with Crippen LogP contribution < -0.4 is 5.73 Å². The quantitative estimate of drug-likeness (QED) is 0.773. The summed E-state index contributed by atoms with van der Waals surface area (Å²) in [6.07, 6.45) is 2.57. The van der Waals surface area contributed by atoms with Crippen LogP contribution in [0, 0.1) is 6.92 Å². The molecule has 1 aromatic carbocycles. The van der Waals surface area contributed by atoms with Crippen molar-refractivity contribution in [2.24, 2.45) is 0 Å². The summed E-state index contributed by atoms with van der Waals surface area (Å²) in [4.78, 5) is 9.01. The van der Waals surface area contributed by atoms with Crippen molar-refractivity contribution in [3.8, 4) is 0 Å². The number of hydrogen-bond acceptors (Lipinski definition) is 4. The molecule has 1 aliphatic carbocycles. The number of imidazole rings is 1. The summed E-state index contributed by atoms with van der Waals surface area (Å²) in [7, 11) is 0. The van der Waals surface area contributed by atoms with Gasteiger partial charge in [-0.15, -0.1) is 0 Å². The molecule has 0 atom stereocenters. The van der Waals surface area contributed by atoms with E-state index in [0.29, 0.717) is 5.82 Å². The van der Waals surface area contributed by atoms with Gasteiger partial charge in [0.15, 0.2) is 5.82 Å². The van der Waals surface area contributed by atoms with Crippen molar-refractivity contribution in [1.29, 1.82) is 0 Å². The lowest BCUT2D eigenvalue weighted by atomic mass is 10.1. The van der Waals surface area contributed by atoms with Crippen molar-refractivity contribution < 1.29 is 5.11 Å². The molecule has 5 heteroatoms. The van der Waals surface area contributed by atoms with Crippen LogP contribution in [0.4, 0.5) is 5.82 Å². The van der Waals surface area contributed by atoms with Crippen LogP contribution >= 0.6 is 0 Å². The Balaban J connectivity index is 1.94. The highest BCUT2D eigenvalue weighted by Crippen LogP contribution is 2.39. The number of nitrogen functional groups attached to an aromatic ring is 1. The normalized spacial score (nSPS) is 16.7. The predicted octanol–water partition coefficient (Wildman–Crippen LogP) is 2.39. The van der Waals surface area contributed by atoms with E-state index >= 15 is 0 Å². The highest BCUT2D eigenvalue weighted by Gasteiger charge is 2.39. The van der Waals surface area contributed by atoms with Crippen LogP contribution in [0.3, 0.4) is 0 Å². The first-order chi connectivity index (χ1) is 10.1. The lowest BCUT2D eigenvalue weighted by molar-refractivity contribution is 0.134. The van der Waals surface area contributed by atoms with E-state index in [2.05, 4.69) is 14.5 Å². The number of benzene rings is 1. The molecule has 5 nitrogen and oxygen atoms in total. The molecule has 0 radical (unpaired) electrons. The van der Waals surface area contributed by atoms with Gasteiger partial charge in [-0.1, -0.05) is 18.2 Å². The fraction of sp³-hybridized carbons (Fsp3) is 0.375. The molecule has 0 amide bonds. The van der Waals surface area contributed by atoms with Gasteiger partial charge in [-0.25, -0.2) is 9.97 Å². The Hall–Kier alpha value is -2.14. The van der Waals surface area contributed by atoms with E-state index in [0.717, 1.165) is 53.6 Å². The SMILES string of the molecule is Cc1nc2c(N)nc3ccccc3c2n1CCC1(O)CC1. The number of nitrogens with zero attached hydrogens (tertiary/aromatic N) is 3. The molecular formula is C16H18N4O. The first kappa shape index (κ1) is 12.6. The van der Waals surface area contributed by atoms with Crippen LogP contribution in [0.5, 0.6) is 0 Å². The van der Waals surface area contributed by atoms with E-state index in [-0.39, 0.29) is 0 Å². The number of pyridine rings is 1. The highest BCUT2D eigenvalue weighted by atomic mass is 16.3. The smallest absolute Gasteiger partial charge is 0.152 e. The van der Waals surface area contributed by atoms with E-state index in [1.165, 1.54) is 0 Å².